The molecule has 0 bridgehead atoms. The summed E-state index contributed by atoms with van der Waals surface area (Å²) in [6.07, 6.45) is 0.648. The fourth-order valence-electron chi connectivity index (χ4n) is 2.11. The number of rotatable bonds is 4. The highest BCUT2D eigenvalue weighted by Crippen LogP contribution is 2.25. The highest BCUT2D eigenvalue weighted by molar-refractivity contribution is 9.10. The van der Waals surface area contributed by atoms with Crippen molar-refractivity contribution in [2.45, 2.75) is 33.2 Å². The molecule has 0 saturated carbocycles. The van der Waals surface area contributed by atoms with Crippen molar-refractivity contribution in [3.05, 3.63) is 34.4 Å². The van der Waals surface area contributed by atoms with Gasteiger partial charge in [-0.05, 0) is 46.6 Å². The topological polar surface area (TPSA) is 51.0 Å². The van der Waals surface area contributed by atoms with E-state index in [1.165, 1.54) is 6.07 Å². The third-order valence-corrected chi connectivity index (χ3v) is 4.03. The first kappa shape index (κ1) is 16.1. The molecule has 114 valence electrons. The van der Waals surface area contributed by atoms with Gasteiger partial charge in [-0.3, -0.25) is 0 Å². The molecule has 0 aliphatic carbocycles. The minimum Gasteiger partial charge on any atom is -0.339 e. The van der Waals surface area contributed by atoms with Gasteiger partial charge in [0, 0.05) is 18.0 Å². The number of nitrogens with zero attached hydrogens (tertiary/aromatic N) is 2. The Kier molecular flexibility index (Phi) is 4.78. The number of benzene rings is 1. The largest absolute Gasteiger partial charge is 0.339 e. The summed E-state index contributed by atoms with van der Waals surface area (Å²) in [4.78, 5) is 4.39. The Morgan fingerprint density at radius 2 is 2.10 bits per heavy atom. The first-order valence-corrected chi connectivity index (χ1v) is 7.56. The number of nitrogens with one attached hydrogen (secondary N) is 1. The molecule has 1 aromatic carbocycles. The van der Waals surface area contributed by atoms with Crippen LogP contribution in [0.4, 0.5) is 4.39 Å². The second-order valence-electron chi connectivity index (χ2n) is 6.05. The van der Waals surface area contributed by atoms with Gasteiger partial charge in [-0.1, -0.05) is 25.9 Å². The van der Waals surface area contributed by atoms with E-state index in [1.807, 2.05) is 7.05 Å². The van der Waals surface area contributed by atoms with Crippen LogP contribution in [0.2, 0.25) is 0 Å². The number of likely N-dealkylation sites (N-methyl/N-ethyl adjacent to an activating group) is 1. The van der Waals surface area contributed by atoms with Gasteiger partial charge in [0.05, 0.1) is 4.47 Å². The normalized spacial score (nSPS) is 13.4. The van der Waals surface area contributed by atoms with E-state index in [2.05, 4.69) is 52.2 Å². The van der Waals surface area contributed by atoms with Crippen LogP contribution in [0.1, 0.15) is 26.7 Å². The smallest absolute Gasteiger partial charge is 0.228 e. The van der Waals surface area contributed by atoms with Gasteiger partial charge >= 0.3 is 0 Å². The summed E-state index contributed by atoms with van der Waals surface area (Å²) in [5, 5.41) is 7.24. The minimum atomic E-state index is -0.314. The maximum absolute atomic E-state index is 13.2. The molecule has 1 N–H and O–H groups in total. The first-order valence-electron chi connectivity index (χ1n) is 6.76. The Hall–Kier alpha value is -1.27. The molecule has 0 amide bonds. The molecule has 0 saturated heterocycles. The fourth-order valence-corrected chi connectivity index (χ4v) is 2.48. The van der Waals surface area contributed by atoms with E-state index in [-0.39, 0.29) is 17.3 Å². The lowest BCUT2D eigenvalue weighted by Gasteiger charge is -2.29. The Bertz CT molecular complexity index is 622. The monoisotopic (exact) mass is 355 g/mol. The van der Waals surface area contributed by atoms with Gasteiger partial charge in [0.2, 0.25) is 11.7 Å². The zero-order valence-corrected chi connectivity index (χ0v) is 14.2. The van der Waals surface area contributed by atoms with Gasteiger partial charge in [-0.25, -0.2) is 4.39 Å². The van der Waals surface area contributed by atoms with Crippen LogP contribution in [-0.4, -0.2) is 23.2 Å². The average Bonchev–Trinajstić information content (AvgIpc) is 2.86. The lowest BCUT2D eigenvalue weighted by atomic mass is 9.85. The van der Waals surface area contributed by atoms with Crippen LogP contribution in [0.5, 0.6) is 0 Å². The summed E-state index contributed by atoms with van der Waals surface area (Å²) in [5.74, 6) is 0.722. The fraction of sp³-hybridized carbons (Fsp3) is 0.467. The quantitative estimate of drug-likeness (QED) is 0.905. The molecule has 0 aliphatic heterocycles. The lowest BCUT2D eigenvalue weighted by molar-refractivity contribution is 0.255. The van der Waals surface area contributed by atoms with Crippen molar-refractivity contribution >= 4 is 15.9 Å². The zero-order chi connectivity index (χ0) is 15.6. The highest BCUT2D eigenvalue weighted by Gasteiger charge is 2.25. The van der Waals surface area contributed by atoms with Crippen molar-refractivity contribution in [2.24, 2.45) is 5.41 Å². The summed E-state index contributed by atoms with van der Waals surface area (Å²) in [7, 11) is 1.92. The summed E-state index contributed by atoms with van der Waals surface area (Å²) < 4.78 is 18.9. The maximum Gasteiger partial charge on any atom is 0.228 e. The Morgan fingerprint density at radius 3 is 2.67 bits per heavy atom. The van der Waals surface area contributed by atoms with Crippen molar-refractivity contribution in [3.63, 3.8) is 0 Å². The summed E-state index contributed by atoms with van der Waals surface area (Å²) in [5.41, 5.74) is 0.803. The van der Waals surface area contributed by atoms with Crippen LogP contribution < -0.4 is 5.32 Å². The zero-order valence-electron chi connectivity index (χ0n) is 12.6. The molecule has 0 spiro atoms. The van der Waals surface area contributed by atoms with E-state index in [4.69, 9.17) is 4.52 Å². The van der Waals surface area contributed by atoms with Gasteiger partial charge in [-0.15, -0.1) is 0 Å². The SMILES string of the molecule is CNC(Cc1nc(-c2ccc(F)c(Br)c2)no1)C(C)(C)C. The van der Waals surface area contributed by atoms with E-state index in [1.54, 1.807) is 12.1 Å². The predicted molar refractivity (Wildman–Crippen MR) is 83.4 cm³/mol. The molecule has 1 heterocycles. The van der Waals surface area contributed by atoms with Gasteiger partial charge in [0.1, 0.15) is 5.82 Å². The molecule has 0 radical (unpaired) electrons. The molecule has 0 aliphatic rings. The molecule has 6 heteroatoms. The second-order valence-corrected chi connectivity index (χ2v) is 6.91. The van der Waals surface area contributed by atoms with E-state index in [0.717, 1.165) is 5.56 Å². The van der Waals surface area contributed by atoms with E-state index >= 15 is 0 Å². The van der Waals surface area contributed by atoms with Crippen LogP contribution in [0, 0.1) is 11.2 Å². The van der Waals surface area contributed by atoms with Crippen molar-refractivity contribution in [1.82, 2.24) is 15.5 Å². The Morgan fingerprint density at radius 1 is 1.38 bits per heavy atom. The number of hydrogen-bond donors (Lipinski definition) is 1. The number of aromatic nitrogens is 2. The average molecular weight is 356 g/mol. The highest BCUT2D eigenvalue weighted by atomic mass is 79.9. The summed E-state index contributed by atoms with van der Waals surface area (Å²) in [6, 6.07) is 4.88. The van der Waals surface area contributed by atoms with Crippen molar-refractivity contribution in [2.75, 3.05) is 7.05 Å². The molecular formula is C15H19BrFN3O. The molecule has 21 heavy (non-hydrogen) atoms. The number of halogens is 2. The third kappa shape index (κ3) is 3.89. The van der Waals surface area contributed by atoms with Crippen LogP contribution in [0.15, 0.2) is 27.2 Å². The molecule has 0 fully saturated rings. The molecule has 1 atom stereocenters. The number of hydrogen-bond acceptors (Lipinski definition) is 4. The van der Waals surface area contributed by atoms with Crippen molar-refractivity contribution in [1.29, 1.82) is 0 Å². The summed E-state index contributed by atoms with van der Waals surface area (Å²) in [6.45, 7) is 6.47. The summed E-state index contributed by atoms with van der Waals surface area (Å²) >= 11 is 3.16. The Balaban J connectivity index is 2.19. The van der Waals surface area contributed by atoms with E-state index in [0.29, 0.717) is 22.6 Å². The second kappa shape index (κ2) is 6.23. The molecule has 1 unspecified atom stereocenters. The third-order valence-electron chi connectivity index (χ3n) is 3.42. The van der Waals surface area contributed by atoms with Crippen LogP contribution in [-0.2, 0) is 6.42 Å². The maximum atomic E-state index is 13.2. The molecule has 1 aromatic heterocycles. The van der Waals surface area contributed by atoms with Gasteiger partial charge in [-0.2, -0.15) is 4.98 Å². The molecule has 2 rings (SSSR count). The predicted octanol–water partition coefficient (Wildman–Crippen LogP) is 3.81. The van der Waals surface area contributed by atoms with Gasteiger partial charge in [0.15, 0.2) is 0 Å². The standard InChI is InChI=1S/C15H19BrFN3O/c1-15(2,3)12(18-4)8-13-19-14(20-21-13)9-5-6-11(17)10(16)7-9/h5-7,12,18H,8H2,1-4H3. The minimum absolute atomic E-state index is 0.0856. The Labute approximate surface area is 132 Å². The van der Waals surface area contributed by atoms with Crippen LogP contribution in [0.3, 0.4) is 0 Å². The van der Waals surface area contributed by atoms with Gasteiger partial charge < -0.3 is 9.84 Å². The van der Waals surface area contributed by atoms with Crippen molar-refractivity contribution < 1.29 is 8.91 Å². The lowest BCUT2D eigenvalue weighted by Crippen LogP contribution is -2.39. The molecule has 2 aromatic rings. The van der Waals surface area contributed by atoms with Crippen LogP contribution in [0.25, 0.3) is 11.4 Å². The van der Waals surface area contributed by atoms with Crippen LogP contribution >= 0.6 is 15.9 Å². The van der Waals surface area contributed by atoms with Crippen molar-refractivity contribution in [3.8, 4) is 11.4 Å². The molecular weight excluding hydrogens is 337 g/mol. The van der Waals surface area contributed by atoms with E-state index < -0.39 is 0 Å². The van der Waals surface area contributed by atoms with E-state index in [9.17, 15) is 4.39 Å². The molecule has 4 nitrogen and oxygen atoms in total. The van der Waals surface area contributed by atoms with Gasteiger partial charge in [0.25, 0.3) is 0 Å². The first-order chi connectivity index (χ1) is 9.81.